The summed E-state index contributed by atoms with van der Waals surface area (Å²) in [6.45, 7) is 4.24. The van der Waals surface area contributed by atoms with Crippen molar-refractivity contribution in [2.24, 2.45) is 0 Å². The fraction of sp³-hybridized carbons (Fsp3) is 0.625. The number of non-ortho nitro benzene ring substituents is 1. The molecule has 0 bridgehead atoms. The van der Waals surface area contributed by atoms with Gasteiger partial charge in [0.05, 0.1) is 16.3 Å². The number of anilines is 1. The molecule has 0 spiro atoms. The number of hydrogen-bond acceptors (Lipinski definition) is 6. The maximum atomic E-state index is 12.8. The Balaban J connectivity index is 1.65. The van der Waals surface area contributed by atoms with Crippen molar-refractivity contribution < 1.29 is 18.1 Å². The molecule has 8 nitrogen and oxygen atoms in total. The highest BCUT2D eigenvalue weighted by atomic mass is 32.2. The SMILES string of the molecule is CC1CC(S(=O)(=O)N2CCN(c3cccc([N+](=O)[O-])c3)CC2)CCO1. The van der Waals surface area contributed by atoms with Gasteiger partial charge in [0.25, 0.3) is 5.69 Å². The zero-order valence-electron chi connectivity index (χ0n) is 14.2. The van der Waals surface area contributed by atoms with Crippen LogP contribution in [0.3, 0.4) is 0 Å². The summed E-state index contributed by atoms with van der Waals surface area (Å²) in [5.41, 5.74) is 0.801. The second-order valence-corrected chi connectivity index (χ2v) is 8.75. The second-order valence-electron chi connectivity index (χ2n) is 6.54. The Bertz CT molecular complexity index is 731. The molecule has 9 heteroatoms. The lowest BCUT2D eigenvalue weighted by Crippen LogP contribution is -2.52. The smallest absolute Gasteiger partial charge is 0.271 e. The van der Waals surface area contributed by atoms with Gasteiger partial charge in [-0.1, -0.05) is 6.07 Å². The van der Waals surface area contributed by atoms with E-state index in [0.29, 0.717) is 45.6 Å². The summed E-state index contributed by atoms with van der Waals surface area (Å²) in [5, 5.41) is 10.5. The predicted molar refractivity (Wildman–Crippen MR) is 94.2 cm³/mol. The Kier molecular flexibility index (Phi) is 5.26. The van der Waals surface area contributed by atoms with Crippen molar-refractivity contribution in [1.82, 2.24) is 4.31 Å². The molecule has 3 rings (SSSR count). The lowest BCUT2D eigenvalue weighted by atomic mass is 10.1. The van der Waals surface area contributed by atoms with Crippen LogP contribution in [-0.2, 0) is 14.8 Å². The van der Waals surface area contributed by atoms with Crippen molar-refractivity contribution in [1.29, 1.82) is 0 Å². The lowest BCUT2D eigenvalue weighted by Gasteiger charge is -2.38. The van der Waals surface area contributed by atoms with E-state index in [9.17, 15) is 18.5 Å². The number of rotatable bonds is 4. The normalized spacial score (nSPS) is 25.7. The third-order valence-electron chi connectivity index (χ3n) is 4.86. The Morgan fingerprint density at radius 3 is 2.60 bits per heavy atom. The van der Waals surface area contributed by atoms with Gasteiger partial charge in [0.15, 0.2) is 0 Å². The highest BCUT2D eigenvalue weighted by molar-refractivity contribution is 7.89. The number of hydrogen-bond donors (Lipinski definition) is 0. The Morgan fingerprint density at radius 2 is 1.96 bits per heavy atom. The van der Waals surface area contributed by atoms with Crippen LogP contribution in [0.2, 0.25) is 0 Å². The lowest BCUT2D eigenvalue weighted by molar-refractivity contribution is -0.384. The van der Waals surface area contributed by atoms with Crippen molar-refractivity contribution in [2.45, 2.75) is 31.1 Å². The van der Waals surface area contributed by atoms with Gasteiger partial charge in [-0.3, -0.25) is 10.1 Å². The van der Waals surface area contributed by atoms with E-state index in [4.69, 9.17) is 4.74 Å². The number of piperazine rings is 1. The molecule has 2 saturated heterocycles. The van der Waals surface area contributed by atoms with Crippen LogP contribution in [0, 0.1) is 10.1 Å². The monoisotopic (exact) mass is 369 g/mol. The van der Waals surface area contributed by atoms with Crippen molar-refractivity contribution in [3.05, 3.63) is 34.4 Å². The first-order chi connectivity index (χ1) is 11.9. The summed E-state index contributed by atoms with van der Waals surface area (Å²) >= 11 is 0. The van der Waals surface area contributed by atoms with Gasteiger partial charge in [-0.25, -0.2) is 8.42 Å². The van der Waals surface area contributed by atoms with Crippen LogP contribution in [0.15, 0.2) is 24.3 Å². The van der Waals surface area contributed by atoms with E-state index in [0.717, 1.165) is 5.69 Å². The minimum atomic E-state index is -3.33. The van der Waals surface area contributed by atoms with Crippen LogP contribution in [-0.4, -0.2) is 61.8 Å². The first-order valence-electron chi connectivity index (χ1n) is 8.48. The molecule has 2 heterocycles. The van der Waals surface area contributed by atoms with Crippen molar-refractivity contribution >= 4 is 21.4 Å². The Labute approximate surface area is 147 Å². The highest BCUT2D eigenvalue weighted by Gasteiger charge is 2.36. The van der Waals surface area contributed by atoms with E-state index in [-0.39, 0.29) is 17.0 Å². The van der Waals surface area contributed by atoms with Crippen molar-refractivity contribution in [3.63, 3.8) is 0 Å². The molecule has 2 unspecified atom stereocenters. The zero-order valence-corrected chi connectivity index (χ0v) is 15.0. The van der Waals surface area contributed by atoms with E-state index in [1.165, 1.54) is 12.1 Å². The number of nitro groups is 1. The molecule has 0 aliphatic carbocycles. The quantitative estimate of drug-likeness (QED) is 0.591. The minimum Gasteiger partial charge on any atom is -0.378 e. The van der Waals surface area contributed by atoms with Crippen LogP contribution in [0.25, 0.3) is 0 Å². The van der Waals surface area contributed by atoms with Gasteiger partial charge in [-0.05, 0) is 25.8 Å². The first kappa shape index (κ1) is 18.1. The number of nitro benzene ring substituents is 1. The number of sulfonamides is 1. The summed E-state index contributed by atoms with van der Waals surface area (Å²) < 4.78 is 32.7. The molecule has 1 aromatic rings. The molecule has 0 amide bonds. The average Bonchev–Trinajstić information content (AvgIpc) is 2.62. The van der Waals surface area contributed by atoms with Gasteiger partial charge in [0, 0.05) is 50.6 Å². The van der Waals surface area contributed by atoms with E-state index < -0.39 is 14.9 Å². The maximum Gasteiger partial charge on any atom is 0.271 e. The van der Waals surface area contributed by atoms with E-state index in [1.807, 2.05) is 17.9 Å². The summed E-state index contributed by atoms with van der Waals surface area (Å²) in [4.78, 5) is 12.5. The average molecular weight is 369 g/mol. The maximum absolute atomic E-state index is 12.8. The van der Waals surface area contributed by atoms with Crippen LogP contribution >= 0.6 is 0 Å². The molecule has 2 aliphatic rings. The molecule has 0 aromatic heterocycles. The summed E-state index contributed by atoms with van der Waals surface area (Å²) in [6, 6.07) is 6.46. The zero-order chi connectivity index (χ0) is 18.0. The van der Waals surface area contributed by atoms with E-state index in [1.54, 1.807) is 10.4 Å². The molecule has 2 fully saturated rings. The predicted octanol–water partition coefficient (Wildman–Crippen LogP) is 1.61. The highest BCUT2D eigenvalue weighted by Crippen LogP contribution is 2.26. The molecule has 0 N–H and O–H groups in total. The second kappa shape index (κ2) is 7.27. The molecular weight excluding hydrogens is 346 g/mol. The van der Waals surface area contributed by atoms with Crippen LogP contribution < -0.4 is 4.90 Å². The van der Waals surface area contributed by atoms with Crippen LogP contribution in [0.5, 0.6) is 0 Å². The fourth-order valence-corrected chi connectivity index (χ4v) is 5.44. The van der Waals surface area contributed by atoms with Crippen molar-refractivity contribution in [3.8, 4) is 0 Å². The first-order valence-corrected chi connectivity index (χ1v) is 9.98. The summed E-state index contributed by atoms with van der Waals surface area (Å²) in [7, 11) is -3.33. The van der Waals surface area contributed by atoms with Gasteiger partial charge in [0.1, 0.15) is 0 Å². The molecule has 1 aromatic carbocycles. The van der Waals surface area contributed by atoms with Crippen molar-refractivity contribution in [2.75, 3.05) is 37.7 Å². The summed E-state index contributed by atoms with van der Waals surface area (Å²) in [6.07, 6.45) is 1.05. The number of benzene rings is 1. The molecule has 0 saturated carbocycles. The molecule has 0 radical (unpaired) electrons. The van der Waals surface area contributed by atoms with Gasteiger partial charge in [0.2, 0.25) is 10.0 Å². The van der Waals surface area contributed by atoms with E-state index >= 15 is 0 Å². The summed E-state index contributed by atoms with van der Waals surface area (Å²) in [5.74, 6) is 0. The van der Waals surface area contributed by atoms with E-state index in [2.05, 4.69) is 0 Å². The van der Waals surface area contributed by atoms with Gasteiger partial charge in [-0.15, -0.1) is 0 Å². The standard InChI is InChI=1S/C16H23N3O5S/c1-13-11-16(5-10-24-13)25(22,23)18-8-6-17(7-9-18)14-3-2-4-15(12-14)19(20)21/h2-4,12-13,16H,5-11H2,1H3. The molecular formula is C16H23N3O5S. The fourth-order valence-electron chi connectivity index (χ4n) is 3.44. The minimum absolute atomic E-state index is 0.0281. The molecule has 2 aliphatic heterocycles. The van der Waals surface area contributed by atoms with Crippen LogP contribution in [0.4, 0.5) is 11.4 Å². The Morgan fingerprint density at radius 1 is 1.24 bits per heavy atom. The third kappa shape index (κ3) is 3.94. The topological polar surface area (TPSA) is 93.0 Å². The largest absolute Gasteiger partial charge is 0.378 e. The number of nitrogens with zero attached hydrogens (tertiary/aromatic N) is 3. The third-order valence-corrected chi connectivity index (χ3v) is 7.22. The number of ether oxygens (including phenoxy) is 1. The van der Waals surface area contributed by atoms with Gasteiger partial charge < -0.3 is 9.64 Å². The molecule has 25 heavy (non-hydrogen) atoms. The van der Waals surface area contributed by atoms with Gasteiger partial charge >= 0.3 is 0 Å². The van der Waals surface area contributed by atoms with Crippen LogP contribution in [0.1, 0.15) is 19.8 Å². The molecule has 2 atom stereocenters. The Hall–Kier alpha value is -1.71. The van der Waals surface area contributed by atoms with Gasteiger partial charge in [-0.2, -0.15) is 4.31 Å². The molecule has 138 valence electrons.